The monoisotopic (exact) mass is 277 g/mol. The summed E-state index contributed by atoms with van der Waals surface area (Å²) in [4.78, 5) is 14.3. The Morgan fingerprint density at radius 1 is 1.40 bits per heavy atom. The molecule has 0 aliphatic rings. The molecule has 0 saturated carbocycles. The van der Waals surface area contributed by atoms with Crippen LogP contribution in [0.25, 0.3) is 0 Å². The molecule has 20 heavy (non-hydrogen) atoms. The van der Waals surface area contributed by atoms with Gasteiger partial charge in [-0.05, 0) is 43.1 Å². The number of carbonyl (C=O) groups excluding carboxylic acids is 1. The van der Waals surface area contributed by atoms with Gasteiger partial charge in [-0.1, -0.05) is 27.2 Å². The maximum Gasteiger partial charge on any atom is 0.238 e. The number of rotatable bonds is 7. The molecule has 1 rings (SSSR count). The molecule has 0 spiro atoms. The summed E-state index contributed by atoms with van der Waals surface area (Å²) in [6, 6.07) is 5.53. The number of likely N-dealkylation sites (N-methyl/N-ethyl adjacent to an activating group) is 1. The Balaban J connectivity index is 2.57. The minimum absolute atomic E-state index is 0.0306. The third-order valence-corrected chi connectivity index (χ3v) is 3.61. The van der Waals surface area contributed by atoms with Crippen molar-refractivity contribution in [1.29, 1.82) is 0 Å². The third kappa shape index (κ3) is 5.21. The molecule has 0 fully saturated rings. The molecule has 1 aromatic carbocycles. The molecule has 4 nitrogen and oxygen atoms in total. The van der Waals surface area contributed by atoms with Crippen LogP contribution in [0.5, 0.6) is 0 Å². The van der Waals surface area contributed by atoms with E-state index < -0.39 is 0 Å². The number of benzene rings is 1. The highest BCUT2D eigenvalue weighted by Crippen LogP contribution is 2.17. The van der Waals surface area contributed by atoms with Crippen molar-refractivity contribution in [2.24, 2.45) is 5.92 Å². The van der Waals surface area contributed by atoms with Gasteiger partial charge in [-0.25, -0.2) is 0 Å². The Morgan fingerprint density at radius 3 is 2.65 bits per heavy atom. The van der Waals surface area contributed by atoms with Gasteiger partial charge in [-0.3, -0.25) is 9.69 Å². The van der Waals surface area contributed by atoms with Gasteiger partial charge in [0.1, 0.15) is 0 Å². The first-order valence-electron chi connectivity index (χ1n) is 7.34. The number of anilines is 2. The number of nitrogens with zero attached hydrogens (tertiary/aromatic N) is 1. The standard InChI is InChI=1S/C16H27N3O/c1-5-12(3)10-19(6-2)11-16(20)18-15-8-7-14(17)9-13(15)4/h7-9,12H,5-6,10-11,17H2,1-4H3,(H,18,20). The minimum atomic E-state index is 0.0306. The lowest BCUT2D eigenvalue weighted by molar-refractivity contribution is -0.117. The van der Waals surface area contributed by atoms with Gasteiger partial charge < -0.3 is 11.1 Å². The van der Waals surface area contributed by atoms with Crippen molar-refractivity contribution in [3.63, 3.8) is 0 Å². The Hall–Kier alpha value is -1.55. The second-order valence-corrected chi connectivity index (χ2v) is 5.46. The van der Waals surface area contributed by atoms with E-state index in [1.807, 2.05) is 19.1 Å². The van der Waals surface area contributed by atoms with E-state index in [1.54, 1.807) is 6.07 Å². The van der Waals surface area contributed by atoms with Crippen molar-refractivity contribution >= 4 is 17.3 Å². The topological polar surface area (TPSA) is 58.4 Å². The molecule has 112 valence electrons. The van der Waals surface area contributed by atoms with Crippen LogP contribution in [0.3, 0.4) is 0 Å². The highest BCUT2D eigenvalue weighted by molar-refractivity contribution is 5.93. The summed E-state index contributed by atoms with van der Waals surface area (Å²) in [7, 11) is 0. The maximum atomic E-state index is 12.1. The molecule has 3 N–H and O–H groups in total. The van der Waals surface area contributed by atoms with Crippen molar-refractivity contribution in [1.82, 2.24) is 4.90 Å². The van der Waals surface area contributed by atoms with Crippen molar-refractivity contribution in [2.75, 3.05) is 30.7 Å². The highest BCUT2D eigenvalue weighted by atomic mass is 16.2. The lowest BCUT2D eigenvalue weighted by Crippen LogP contribution is -2.36. The quantitative estimate of drug-likeness (QED) is 0.753. The normalized spacial score (nSPS) is 12.4. The zero-order valence-electron chi connectivity index (χ0n) is 13.1. The molecule has 1 amide bonds. The molecule has 0 saturated heterocycles. The first-order chi connectivity index (χ1) is 9.46. The van der Waals surface area contributed by atoms with Crippen LogP contribution in [0.2, 0.25) is 0 Å². The van der Waals surface area contributed by atoms with Crippen LogP contribution in [0.15, 0.2) is 18.2 Å². The summed E-state index contributed by atoms with van der Waals surface area (Å²) in [5.41, 5.74) is 8.25. The van der Waals surface area contributed by atoms with Crippen LogP contribution in [-0.4, -0.2) is 30.4 Å². The van der Waals surface area contributed by atoms with Crippen molar-refractivity contribution < 1.29 is 4.79 Å². The third-order valence-electron chi connectivity index (χ3n) is 3.61. The Labute approximate surface area is 122 Å². The van der Waals surface area contributed by atoms with Crippen LogP contribution in [0.4, 0.5) is 11.4 Å². The fraction of sp³-hybridized carbons (Fsp3) is 0.562. The summed E-state index contributed by atoms with van der Waals surface area (Å²) in [6.45, 7) is 10.7. The summed E-state index contributed by atoms with van der Waals surface area (Å²) in [5.74, 6) is 0.643. The van der Waals surface area contributed by atoms with E-state index in [-0.39, 0.29) is 5.91 Å². The van der Waals surface area contributed by atoms with Crippen molar-refractivity contribution in [3.05, 3.63) is 23.8 Å². The van der Waals surface area contributed by atoms with E-state index >= 15 is 0 Å². The summed E-state index contributed by atoms with van der Waals surface area (Å²) < 4.78 is 0. The van der Waals surface area contributed by atoms with Gasteiger partial charge in [0.2, 0.25) is 5.91 Å². The van der Waals surface area contributed by atoms with E-state index in [1.165, 1.54) is 0 Å². The second kappa shape index (κ2) is 7.90. The number of carbonyl (C=O) groups is 1. The van der Waals surface area contributed by atoms with Crippen LogP contribution in [0, 0.1) is 12.8 Å². The van der Waals surface area contributed by atoms with E-state index in [0.717, 1.165) is 30.8 Å². The van der Waals surface area contributed by atoms with Gasteiger partial charge in [0.15, 0.2) is 0 Å². The van der Waals surface area contributed by atoms with E-state index in [9.17, 15) is 4.79 Å². The Morgan fingerprint density at radius 2 is 2.10 bits per heavy atom. The summed E-state index contributed by atoms with van der Waals surface area (Å²) in [6.07, 6.45) is 1.13. The second-order valence-electron chi connectivity index (χ2n) is 5.46. The highest BCUT2D eigenvalue weighted by Gasteiger charge is 2.12. The number of aryl methyl sites for hydroxylation is 1. The lowest BCUT2D eigenvalue weighted by Gasteiger charge is -2.23. The fourth-order valence-corrected chi connectivity index (χ4v) is 2.10. The summed E-state index contributed by atoms with van der Waals surface area (Å²) in [5, 5.41) is 2.96. The van der Waals surface area contributed by atoms with Crippen molar-refractivity contribution in [3.8, 4) is 0 Å². The van der Waals surface area contributed by atoms with E-state index in [0.29, 0.717) is 18.2 Å². The van der Waals surface area contributed by atoms with E-state index in [2.05, 4.69) is 31.0 Å². The number of nitrogens with one attached hydrogen (secondary N) is 1. The van der Waals surface area contributed by atoms with E-state index in [4.69, 9.17) is 5.73 Å². The average Bonchev–Trinajstić information content (AvgIpc) is 2.41. The fourth-order valence-electron chi connectivity index (χ4n) is 2.10. The molecule has 0 aliphatic carbocycles. The number of nitrogens with two attached hydrogens (primary N) is 1. The number of nitrogen functional groups attached to an aromatic ring is 1. The zero-order chi connectivity index (χ0) is 15.1. The predicted molar refractivity (Wildman–Crippen MR) is 85.8 cm³/mol. The number of hydrogen-bond acceptors (Lipinski definition) is 3. The van der Waals surface area contributed by atoms with Crippen LogP contribution in [0.1, 0.15) is 32.8 Å². The molecule has 0 aliphatic heterocycles. The molecule has 1 atom stereocenters. The molecule has 0 bridgehead atoms. The first-order valence-corrected chi connectivity index (χ1v) is 7.34. The van der Waals surface area contributed by atoms with Gasteiger partial charge in [-0.2, -0.15) is 0 Å². The molecule has 1 aromatic rings. The van der Waals surface area contributed by atoms with Crippen molar-refractivity contribution in [2.45, 2.75) is 34.1 Å². The Kier molecular flexibility index (Phi) is 6.52. The van der Waals surface area contributed by atoms with Crippen LogP contribution >= 0.6 is 0 Å². The van der Waals surface area contributed by atoms with Crippen LogP contribution < -0.4 is 11.1 Å². The molecule has 0 heterocycles. The van der Waals surface area contributed by atoms with Gasteiger partial charge in [0.05, 0.1) is 6.54 Å². The minimum Gasteiger partial charge on any atom is -0.399 e. The van der Waals surface area contributed by atoms with Gasteiger partial charge in [0, 0.05) is 17.9 Å². The SMILES string of the molecule is CCC(C)CN(CC)CC(=O)Nc1ccc(N)cc1C. The van der Waals surface area contributed by atoms with Crippen LogP contribution in [-0.2, 0) is 4.79 Å². The molecular weight excluding hydrogens is 250 g/mol. The largest absolute Gasteiger partial charge is 0.399 e. The molecule has 0 aromatic heterocycles. The first kappa shape index (κ1) is 16.5. The molecular formula is C16H27N3O. The predicted octanol–water partition coefficient (Wildman–Crippen LogP) is 2.88. The average molecular weight is 277 g/mol. The molecule has 0 radical (unpaired) electrons. The lowest BCUT2D eigenvalue weighted by atomic mass is 10.1. The van der Waals surface area contributed by atoms with Gasteiger partial charge >= 0.3 is 0 Å². The van der Waals surface area contributed by atoms with Gasteiger partial charge in [-0.15, -0.1) is 0 Å². The maximum absolute atomic E-state index is 12.1. The Bertz CT molecular complexity index is 445. The van der Waals surface area contributed by atoms with Gasteiger partial charge in [0.25, 0.3) is 0 Å². The summed E-state index contributed by atoms with van der Waals surface area (Å²) >= 11 is 0. The number of amides is 1. The molecule has 4 heteroatoms. The number of hydrogen-bond donors (Lipinski definition) is 2. The smallest absolute Gasteiger partial charge is 0.238 e. The zero-order valence-corrected chi connectivity index (χ0v) is 13.1. The molecule has 1 unspecified atom stereocenters.